The first-order valence-electron chi connectivity index (χ1n) is 9.79. The predicted octanol–water partition coefficient (Wildman–Crippen LogP) is 4.19. The van der Waals surface area contributed by atoms with E-state index >= 15 is 0 Å². The fourth-order valence-electron chi connectivity index (χ4n) is 3.74. The Morgan fingerprint density at radius 2 is 1.81 bits per heavy atom. The summed E-state index contributed by atoms with van der Waals surface area (Å²) in [6.45, 7) is 6.62. The topological polar surface area (TPSA) is 38.8 Å². The Balaban J connectivity index is 1.53. The van der Waals surface area contributed by atoms with Crippen molar-refractivity contribution in [3.63, 3.8) is 0 Å². The van der Waals surface area contributed by atoms with Gasteiger partial charge in [-0.05, 0) is 24.5 Å². The zero-order valence-corrected chi connectivity index (χ0v) is 16.2. The summed E-state index contributed by atoms with van der Waals surface area (Å²) in [5.74, 6) is -0.00412. The van der Waals surface area contributed by atoms with E-state index in [0.717, 1.165) is 18.6 Å². The minimum absolute atomic E-state index is 0.145. The summed E-state index contributed by atoms with van der Waals surface area (Å²) in [6.07, 6.45) is 0.738. The van der Waals surface area contributed by atoms with Crippen molar-refractivity contribution >= 4 is 5.97 Å². The third-order valence-corrected chi connectivity index (χ3v) is 5.46. The van der Waals surface area contributed by atoms with E-state index in [-0.39, 0.29) is 11.9 Å². The normalized spacial score (nSPS) is 21.6. The molecular formula is C23H29NO3. The lowest BCUT2D eigenvalue weighted by Crippen LogP contribution is -2.47. The number of benzene rings is 2. The number of carbonyl (C=O) groups excluding carboxylic acids is 1. The van der Waals surface area contributed by atoms with Gasteiger partial charge in [0.25, 0.3) is 0 Å². The van der Waals surface area contributed by atoms with E-state index in [1.807, 2.05) is 43.3 Å². The quantitative estimate of drug-likeness (QED) is 0.688. The van der Waals surface area contributed by atoms with Crippen LogP contribution in [0.2, 0.25) is 0 Å². The monoisotopic (exact) mass is 367 g/mol. The molecule has 0 aliphatic carbocycles. The van der Waals surface area contributed by atoms with Crippen LogP contribution in [0.1, 0.15) is 43.2 Å². The molecule has 0 saturated carbocycles. The number of carbonyl (C=O) groups is 1. The predicted molar refractivity (Wildman–Crippen MR) is 107 cm³/mol. The smallest absolute Gasteiger partial charge is 0.313 e. The second kappa shape index (κ2) is 9.67. The van der Waals surface area contributed by atoms with Gasteiger partial charge >= 0.3 is 5.97 Å². The number of hydrogen-bond donors (Lipinski definition) is 0. The molecule has 0 amide bonds. The van der Waals surface area contributed by atoms with Gasteiger partial charge in [-0.15, -0.1) is 0 Å². The van der Waals surface area contributed by atoms with E-state index < -0.39 is 0 Å². The van der Waals surface area contributed by atoms with Gasteiger partial charge in [0.2, 0.25) is 0 Å². The van der Waals surface area contributed by atoms with Crippen molar-refractivity contribution in [2.45, 2.75) is 38.1 Å². The number of rotatable bonds is 7. The van der Waals surface area contributed by atoms with Crippen LogP contribution in [0.4, 0.5) is 0 Å². The molecule has 0 radical (unpaired) electrons. The van der Waals surface area contributed by atoms with Crippen molar-refractivity contribution in [1.29, 1.82) is 0 Å². The molecule has 4 heteroatoms. The molecule has 27 heavy (non-hydrogen) atoms. The van der Waals surface area contributed by atoms with Gasteiger partial charge < -0.3 is 9.47 Å². The highest BCUT2D eigenvalue weighted by Crippen LogP contribution is 2.27. The summed E-state index contributed by atoms with van der Waals surface area (Å²) in [5, 5.41) is 0. The van der Waals surface area contributed by atoms with Crippen LogP contribution in [0.5, 0.6) is 0 Å². The van der Waals surface area contributed by atoms with E-state index in [2.05, 4.69) is 36.1 Å². The Morgan fingerprint density at radius 1 is 1.15 bits per heavy atom. The fraction of sp³-hybridized carbons (Fsp3) is 0.435. The summed E-state index contributed by atoms with van der Waals surface area (Å²) < 4.78 is 11.4. The lowest BCUT2D eigenvalue weighted by atomic mass is 9.91. The first kappa shape index (κ1) is 19.6. The Hall–Kier alpha value is -2.17. The largest absolute Gasteiger partial charge is 0.464 e. The summed E-state index contributed by atoms with van der Waals surface area (Å²) in [4.78, 5) is 14.8. The molecule has 0 spiro atoms. The van der Waals surface area contributed by atoms with Crippen LogP contribution in [-0.4, -0.2) is 43.4 Å². The molecule has 1 saturated heterocycles. The van der Waals surface area contributed by atoms with Crippen LogP contribution in [0.15, 0.2) is 60.7 Å². The molecule has 1 fully saturated rings. The lowest BCUT2D eigenvalue weighted by molar-refractivity contribution is -0.147. The molecule has 4 nitrogen and oxygen atoms in total. The standard InChI is InChI=1S/C23H29NO3/c1-3-21(19-10-6-4-7-11-19)23(25)27-15-14-24-17-26-16-22(18(24)2)20-12-8-5-9-13-20/h4-13,18,21-22H,3,14-17H2,1-2H3. The Labute approximate surface area is 162 Å². The Kier molecular flexibility index (Phi) is 7.02. The fourth-order valence-corrected chi connectivity index (χ4v) is 3.74. The minimum atomic E-state index is -0.196. The van der Waals surface area contributed by atoms with Crippen LogP contribution in [-0.2, 0) is 14.3 Å². The van der Waals surface area contributed by atoms with Gasteiger partial charge in [-0.3, -0.25) is 9.69 Å². The first-order chi connectivity index (χ1) is 13.2. The summed E-state index contributed by atoms with van der Waals surface area (Å²) in [7, 11) is 0. The van der Waals surface area contributed by atoms with Crippen LogP contribution in [0.25, 0.3) is 0 Å². The molecule has 3 unspecified atom stereocenters. The average molecular weight is 367 g/mol. The molecule has 2 aromatic carbocycles. The van der Waals surface area contributed by atoms with Gasteiger partial charge in [-0.1, -0.05) is 67.6 Å². The third-order valence-electron chi connectivity index (χ3n) is 5.46. The van der Waals surface area contributed by atoms with Gasteiger partial charge in [0.1, 0.15) is 6.61 Å². The van der Waals surface area contributed by atoms with E-state index in [1.54, 1.807) is 0 Å². The second-order valence-corrected chi connectivity index (χ2v) is 7.11. The van der Waals surface area contributed by atoms with Crippen molar-refractivity contribution in [2.24, 2.45) is 0 Å². The van der Waals surface area contributed by atoms with E-state index in [9.17, 15) is 4.79 Å². The molecule has 0 bridgehead atoms. The third kappa shape index (κ3) is 4.96. The van der Waals surface area contributed by atoms with Gasteiger partial charge in [0.15, 0.2) is 0 Å². The summed E-state index contributed by atoms with van der Waals surface area (Å²) >= 11 is 0. The van der Waals surface area contributed by atoms with Crippen molar-refractivity contribution in [2.75, 3.05) is 26.5 Å². The van der Waals surface area contributed by atoms with E-state index in [0.29, 0.717) is 31.8 Å². The molecule has 3 rings (SSSR count). The lowest BCUT2D eigenvalue weighted by Gasteiger charge is -2.39. The van der Waals surface area contributed by atoms with E-state index in [1.165, 1.54) is 5.56 Å². The molecule has 144 valence electrons. The van der Waals surface area contributed by atoms with Crippen LogP contribution in [0.3, 0.4) is 0 Å². The molecule has 1 aliphatic rings. The second-order valence-electron chi connectivity index (χ2n) is 7.11. The zero-order valence-electron chi connectivity index (χ0n) is 16.2. The van der Waals surface area contributed by atoms with Crippen LogP contribution in [0, 0.1) is 0 Å². The number of esters is 1. The first-order valence-corrected chi connectivity index (χ1v) is 9.79. The zero-order chi connectivity index (χ0) is 19.1. The molecule has 2 aromatic rings. The van der Waals surface area contributed by atoms with Crippen molar-refractivity contribution in [3.05, 3.63) is 71.8 Å². The average Bonchev–Trinajstić information content (AvgIpc) is 2.71. The van der Waals surface area contributed by atoms with Gasteiger partial charge in [-0.2, -0.15) is 0 Å². The Bertz CT molecular complexity index is 704. The van der Waals surface area contributed by atoms with Crippen molar-refractivity contribution < 1.29 is 14.3 Å². The minimum Gasteiger partial charge on any atom is -0.464 e. The number of nitrogens with zero attached hydrogens (tertiary/aromatic N) is 1. The maximum atomic E-state index is 12.5. The molecule has 1 aliphatic heterocycles. The molecular weight excluding hydrogens is 338 g/mol. The maximum Gasteiger partial charge on any atom is 0.313 e. The van der Waals surface area contributed by atoms with Gasteiger partial charge in [0.05, 0.1) is 19.3 Å². The van der Waals surface area contributed by atoms with Gasteiger partial charge in [-0.25, -0.2) is 0 Å². The summed E-state index contributed by atoms with van der Waals surface area (Å²) in [5.41, 5.74) is 2.31. The van der Waals surface area contributed by atoms with Crippen molar-refractivity contribution in [3.8, 4) is 0 Å². The van der Waals surface area contributed by atoms with Gasteiger partial charge in [0, 0.05) is 18.5 Å². The van der Waals surface area contributed by atoms with Crippen molar-refractivity contribution in [1.82, 2.24) is 4.90 Å². The summed E-state index contributed by atoms with van der Waals surface area (Å²) in [6, 6.07) is 20.7. The maximum absolute atomic E-state index is 12.5. The van der Waals surface area contributed by atoms with E-state index in [4.69, 9.17) is 9.47 Å². The molecule has 3 atom stereocenters. The van der Waals surface area contributed by atoms with Crippen LogP contribution >= 0.6 is 0 Å². The Morgan fingerprint density at radius 3 is 2.48 bits per heavy atom. The molecule has 0 aromatic heterocycles. The highest BCUT2D eigenvalue weighted by molar-refractivity contribution is 5.78. The highest BCUT2D eigenvalue weighted by atomic mass is 16.5. The SMILES string of the molecule is CCC(C(=O)OCCN1COCC(c2ccccc2)C1C)c1ccccc1. The molecule has 1 heterocycles. The highest BCUT2D eigenvalue weighted by Gasteiger charge is 2.30. The molecule has 0 N–H and O–H groups in total. The number of ether oxygens (including phenoxy) is 2. The number of hydrogen-bond acceptors (Lipinski definition) is 4. The van der Waals surface area contributed by atoms with Crippen LogP contribution < -0.4 is 0 Å².